The summed E-state index contributed by atoms with van der Waals surface area (Å²) in [6.45, 7) is 0.327. The SMILES string of the molecule is COc1ccc(Nc2ccc(N)c(CONc3ccc(Nc4ccccc4)cc3)c2)cc1. The van der Waals surface area contributed by atoms with Crippen LogP contribution in [0.5, 0.6) is 5.75 Å². The molecular weight excluding hydrogens is 400 g/mol. The Morgan fingerprint density at radius 3 is 1.91 bits per heavy atom. The average molecular weight is 427 g/mol. The summed E-state index contributed by atoms with van der Waals surface area (Å²) in [6.07, 6.45) is 0. The number of nitrogens with one attached hydrogen (secondary N) is 3. The number of rotatable bonds is 9. The molecule has 0 saturated heterocycles. The van der Waals surface area contributed by atoms with E-state index in [0.29, 0.717) is 12.3 Å². The molecule has 0 atom stereocenters. The lowest BCUT2D eigenvalue weighted by Crippen LogP contribution is -2.04. The highest BCUT2D eigenvalue weighted by atomic mass is 16.6. The van der Waals surface area contributed by atoms with Crippen molar-refractivity contribution in [3.8, 4) is 5.75 Å². The number of anilines is 6. The zero-order valence-electron chi connectivity index (χ0n) is 17.8. The molecule has 0 heterocycles. The predicted octanol–water partition coefficient (Wildman–Crippen LogP) is 6.31. The predicted molar refractivity (Wildman–Crippen MR) is 132 cm³/mol. The maximum Gasteiger partial charge on any atom is 0.119 e. The molecule has 0 bridgehead atoms. The summed E-state index contributed by atoms with van der Waals surface area (Å²) < 4.78 is 5.20. The van der Waals surface area contributed by atoms with E-state index in [9.17, 15) is 0 Å². The van der Waals surface area contributed by atoms with Crippen LogP contribution in [0, 0.1) is 0 Å². The van der Waals surface area contributed by atoms with Crippen LogP contribution >= 0.6 is 0 Å². The maximum absolute atomic E-state index is 6.13. The van der Waals surface area contributed by atoms with Gasteiger partial charge in [0.25, 0.3) is 0 Å². The molecule has 0 aliphatic rings. The summed E-state index contributed by atoms with van der Waals surface area (Å²) >= 11 is 0. The van der Waals surface area contributed by atoms with Crippen LogP contribution in [0.3, 0.4) is 0 Å². The molecule has 0 unspecified atom stereocenters. The molecule has 0 amide bonds. The lowest BCUT2D eigenvalue weighted by molar-refractivity contribution is 0.181. The molecule has 162 valence electrons. The van der Waals surface area contributed by atoms with Crippen LogP contribution in [0.4, 0.5) is 34.1 Å². The van der Waals surface area contributed by atoms with Gasteiger partial charge >= 0.3 is 0 Å². The van der Waals surface area contributed by atoms with E-state index in [1.54, 1.807) is 7.11 Å². The van der Waals surface area contributed by atoms with Crippen LogP contribution in [-0.2, 0) is 11.4 Å². The molecule has 4 aromatic rings. The lowest BCUT2D eigenvalue weighted by Gasteiger charge is -2.13. The smallest absolute Gasteiger partial charge is 0.119 e. The van der Waals surface area contributed by atoms with Gasteiger partial charge in [0, 0.05) is 34.0 Å². The van der Waals surface area contributed by atoms with E-state index >= 15 is 0 Å². The minimum atomic E-state index is 0.327. The Morgan fingerprint density at radius 2 is 1.22 bits per heavy atom. The van der Waals surface area contributed by atoms with E-state index in [2.05, 4.69) is 16.1 Å². The summed E-state index contributed by atoms with van der Waals surface area (Å²) in [7, 11) is 1.65. The first kappa shape index (κ1) is 21.1. The van der Waals surface area contributed by atoms with Crippen LogP contribution in [0.15, 0.2) is 97.1 Å². The van der Waals surface area contributed by atoms with Crippen molar-refractivity contribution in [2.24, 2.45) is 0 Å². The molecule has 6 heteroatoms. The monoisotopic (exact) mass is 426 g/mol. The summed E-state index contributed by atoms with van der Waals surface area (Å²) in [6, 6.07) is 31.5. The summed E-state index contributed by atoms with van der Waals surface area (Å²) in [5.41, 5.74) is 15.5. The minimum absolute atomic E-state index is 0.327. The Balaban J connectivity index is 1.31. The van der Waals surface area contributed by atoms with Gasteiger partial charge in [0.1, 0.15) is 12.4 Å². The minimum Gasteiger partial charge on any atom is -0.497 e. The highest BCUT2D eigenvalue weighted by Gasteiger charge is 2.04. The van der Waals surface area contributed by atoms with Gasteiger partial charge in [0.15, 0.2) is 0 Å². The second-order valence-corrected chi connectivity index (χ2v) is 7.23. The number of benzene rings is 4. The van der Waals surface area contributed by atoms with E-state index in [1.807, 2.05) is 97.1 Å². The van der Waals surface area contributed by atoms with E-state index in [4.69, 9.17) is 15.3 Å². The van der Waals surface area contributed by atoms with E-state index in [0.717, 1.165) is 39.7 Å². The van der Waals surface area contributed by atoms with Crippen molar-refractivity contribution in [3.63, 3.8) is 0 Å². The van der Waals surface area contributed by atoms with Crippen LogP contribution in [0.25, 0.3) is 0 Å². The quantitative estimate of drug-likeness (QED) is 0.186. The van der Waals surface area contributed by atoms with Gasteiger partial charge in [-0.3, -0.25) is 10.3 Å². The van der Waals surface area contributed by atoms with Crippen molar-refractivity contribution < 1.29 is 9.57 Å². The van der Waals surface area contributed by atoms with E-state index < -0.39 is 0 Å². The van der Waals surface area contributed by atoms with Gasteiger partial charge in [0.2, 0.25) is 0 Å². The Hall–Kier alpha value is -4.16. The molecule has 32 heavy (non-hydrogen) atoms. The number of hydrogen-bond donors (Lipinski definition) is 4. The van der Waals surface area contributed by atoms with Crippen molar-refractivity contribution >= 4 is 34.1 Å². The van der Waals surface area contributed by atoms with Crippen molar-refractivity contribution in [1.29, 1.82) is 0 Å². The molecule has 0 aliphatic heterocycles. The van der Waals surface area contributed by atoms with Crippen LogP contribution in [0.2, 0.25) is 0 Å². The lowest BCUT2D eigenvalue weighted by atomic mass is 10.1. The van der Waals surface area contributed by atoms with Gasteiger partial charge in [0.05, 0.1) is 12.8 Å². The first-order valence-corrected chi connectivity index (χ1v) is 10.3. The van der Waals surface area contributed by atoms with Crippen LogP contribution in [0.1, 0.15) is 5.56 Å². The fourth-order valence-electron chi connectivity index (χ4n) is 3.16. The second-order valence-electron chi connectivity index (χ2n) is 7.23. The third-order valence-electron chi connectivity index (χ3n) is 4.89. The molecule has 6 nitrogen and oxygen atoms in total. The molecule has 0 fully saturated rings. The first-order chi connectivity index (χ1) is 15.7. The van der Waals surface area contributed by atoms with Gasteiger partial charge in [-0.15, -0.1) is 0 Å². The summed E-state index contributed by atoms with van der Waals surface area (Å²) in [5.74, 6) is 0.817. The summed E-state index contributed by atoms with van der Waals surface area (Å²) in [5, 5.41) is 6.72. The number of para-hydroxylation sites is 1. The van der Waals surface area contributed by atoms with Gasteiger partial charge in [-0.1, -0.05) is 18.2 Å². The number of methoxy groups -OCH3 is 1. The highest BCUT2D eigenvalue weighted by Crippen LogP contribution is 2.24. The fraction of sp³-hybridized carbons (Fsp3) is 0.0769. The molecule has 0 spiro atoms. The largest absolute Gasteiger partial charge is 0.497 e. The molecule has 4 aromatic carbocycles. The Kier molecular flexibility index (Phi) is 6.75. The van der Waals surface area contributed by atoms with Crippen molar-refractivity contribution in [2.45, 2.75) is 6.61 Å². The van der Waals surface area contributed by atoms with Crippen molar-refractivity contribution in [2.75, 3.05) is 29.0 Å². The average Bonchev–Trinajstić information content (AvgIpc) is 2.83. The Labute approximate surface area is 188 Å². The van der Waals surface area contributed by atoms with E-state index in [-0.39, 0.29) is 0 Å². The van der Waals surface area contributed by atoms with Crippen LogP contribution < -0.4 is 26.6 Å². The fourth-order valence-corrected chi connectivity index (χ4v) is 3.16. The second kappa shape index (κ2) is 10.2. The number of hydrogen-bond acceptors (Lipinski definition) is 6. The number of nitrogens with two attached hydrogens (primary N) is 1. The first-order valence-electron chi connectivity index (χ1n) is 10.3. The molecule has 4 rings (SSSR count). The summed E-state index contributed by atoms with van der Waals surface area (Å²) in [4.78, 5) is 5.69. The Bertz CT molecular complexity index is 1130. The number of nitrogen functional groups attached to an aromatic ring is 1. The van der Waals surface area contributed by atoms with Crippen molar-refractivity contribution in [1.82, 2.24) is 0 Å². The third-order valence-corrected chi connectivity index (χ3v) is 4.89. The van der Waals surface area contributed by atoms with Gasteiger partial charge < -0.3 is 21.1 Å². The molecule has 5 N–H and O–H groups in total. The molecule has 0 saturated carbocycles. The maximum atomic E-state index is 6.13. The van der Waals surface area contributed by atoms with Crippen LogP contribution in [-0.4, -0.2) is 7.11 Å². The topological polar surface area (TPSA) is 80.6 Å². The van der Waals surface area contributed by atoms with Gasteiger partial charge in [-0.05, 0) is 78.9 Å². The third kappa shape index (κ3) is 5.71. The number of ether oxygens (including phenoxy) is 1. The molecule has 0 radical (unpaired) electrons. The van der Waals surface area contributed by atoms with Crippen molar-refractivity contribution in [3.05, 3.63) is 103 Å². The molecular formula is C26H26N4O2. The highest BCUT2D eigenvalue weighted by molar-refractivity contribution is 5.65. The van der Waals surface area contributed by atoms with E-state index in [1.165, 1.54) is 0 Å². The molecule has 0 aromatic heterocycles. The van der Waals surface area contributed by atoms with Gasteiger partial charge in [-0.25, -0.2) is 0 Å². The molecule has 0 aliphatic carbocycles. The normalized spacial score (nSPS) is 10.4. The zero-order valence-corrected chi connectivity index (χ0v) is 17.8. The standard InChI is InChI=1S/C26H26N4O2/c1-31-25-14-11-22(12-15-25)29-24-13-16-26(27)19(17-24)18-32-30-23-9-7-21(8-10-23)28-20-5-3-2-4-6-20/h2-17,28-30H,18,27H2,1H3. The van der Waals surface area contributed by atoms with Gasteiger partial charge in [-0.2, -0.15) is 0 Å². The Morgan fingerprint density at radius 1 is 0.656 bits per heavy atom. The zero-order chi connectivity index (χ0) is 22.2.